The number of halogens is 1. The molecule has 138 valence electrons. The van der Waals surface area contributed by atoms with Crippen LogP contribution < -0.4 is 5.32 Å². The van der Waals surface area contributed by atoms with E-state index in [9.17, 15) is 19.2 Å². The lowest BCUT2D eigenvalue weighted by Crippen LogP contribution is -2.14. The minimum absolute atomic E-state index is 0.0190. The van der Waals surface area contributed by atoms with Crippen molar-refractivity contribution in [3.8, 4) is 11.8 Å². The Balaban J connectivity index is 1.87. The number of hydrogen-bond acceptors (Lipinski definition) is 3. The molecule has 1 aromatic heterocycles. The third-order valence-electron chi connectivity index (χ3n) is 3.91. The van der Waals surface area contributed by atoms with E-state index in [0.29, 0.717) is 11.4 Å². The fraction of sp³-hybridized carbons (Fsp3) is 0. The van der Waals surface area contributed by atoms with Crippen molar-refractivity contribution in [3.63, 3.8) is 0 Å². The maximum Gasteiger partial charge on any atom is 0.335 e. The molecular weight excluding hydrogens is 361 g/mol. The highest BCUT2D eigenvalue weighted by Crippen LogP contribution is 2.17. The number of nitrogens with one attached hydrogen (secondary N) is 1. The zero-order chi connectivity index (χ0) is 20.1. The number of carbonyl (C=O) groups excluding carboxylic acids is 1. The van der Waals surface area contributed by atoms with Gasteiger partial charge in [0, 0.05) is 23.3 Å². The number of anilines is 1. The van der Waals surface area contributed by atoms with Crippen molar-refractivity contribution in [2.75, 3.05) is 5.32 Å². The molecule has 0 saturated heterocycles. The summed E-state index contributed by atoms with van der Waals surface area (Å²) in [6.45, 7) is 0. The van der Waals surface area contributed by atoms with Crippen LogP contribution in [0, 0.1) is 17.1 Å². The van der Waals surface area contributed by atoms with Gasteiger partial charge in [0.25, 0.3) is 5.91 Å². The molecule has 3 aromatic rings. The second-order valence-corrected chi connectivity index (χ2v) is 5.79. The Morgan fingerprint density at radius 3 is 2.54 bits per heavy atom. The van der Waals surface area contributed by atoms with Gasteiger partial charge in [-0.05, 0) is 60.7 Å². The molecule has 7 heteroatoms. The highest BCUT2D eigenvalue weighted by Gasteiger charge is 2.12. The average Bonchev–Trinajstić information content (AvgIpc) is 3.15. The second kappa shape index (κ2) is 8.01. The van der Waals surface area contributed by atoms with E-state index in [2.05, 4.69) is 5.32 Å². The first-order valence-corrected chi connectivity index (χ1v) is 8.18. The van der Waals surface area contributed by atoms with Crippen LogP contribution in [-0.4, -0.2) is 21.6 Å². The third-order valence-corrected chi connectivity index (χ3v) is 3.91. The van der Waals surface area contributed by atoms with E-state index in [1.807, 2.05) is 6.07 Å². The van der Waals surface area contributed by atoms with Crippen LogP contribution in [-0.2, 0) is 4.79 Å². The fourth-order valence-electron chi connectivity index (χ4n) is 2.57. The molecule has 2 aromatic carbocycles. The van der Waals surface area contributed by atoms with Crippen LogP contribution in [0.3, 0.4) is 0 Å². The zero-order valence-corrected chi connectivity index (χ0v) is 14.5. The molecule has 0 fully saturated rings. The molecule has 0 radical (unpaired) electrons. The van der Waals surface area contributed by atoms with E-state index in [-0.39, 0.29) is 22.6 Å². The van der Waals surface area contributed by atoms with Gasteiger partial charge in [-0.1, -0.05) is 6.07 Å². The molecule has 2 N–H and O–H groups in total. The van der Waals surface area contributed by atoms with Gasteiger partial charge in [0.15, 0.2) is 0 Å². The minimum atomic E-state index is -1.12. The predicted octanol–water partition coefficient (Wildman–Crippen LogP) is 3.86. The second-order valence-electron chi connectivity index (χ2n) is 5.79. The Hall–Kier alpha value is -4.18. The van der Waals surface area contributed by atoms with Crippen molar-refractivity contribution in [2.24, 2.45) is 0 Å². The number of rotatable bonds is 5. The maximum atomic E-state index is 13.1. The van der Waals surface area contributed by atoms with Crippen LogP contribution >= 0.6 is 0 Å². The first-order valence-electron chi connectivity index (χ1n) is 8.18. The summed E-state index contributed by atoms with van der Waals surface area (Å²) in [6.07, 6.45) is 3.13. The summed E-state index contributed by atoms with van der Waals surface area (Å²) < 4.78 is 14.8. The van der Waals surface area contributed by atoms with E-state index >= 15 is 0 Å². The van der Waals surface area contributed by atoms with E-state index in [1.165, 1.54) is 42.5 Å². The van der Waals surface area contributed by atoms with Crippen molar-refractivity contribution in [3.05, 3.63) is 89.5 Å². The van der Waals surface area contributed by atoms with Crippen LogP contribution in [0.1, 0.15) is 16.1 Å². The summed E-state index contributed by atoms with van der Waals surface area (Å²) in [7, 11) is 0. The number of nitrogens with zero attached hydrogens (tertiary/aromatic N) is 2. The predicted molar refractivity (Wildman–Crippen MR) is 101 cm³/mol. The minimum Gasteiger partial charge on any atom is -0.478 e. The van der Waals surface area contributed by atoms with Crippen LogP contribution in [0.5, 0.6) is 0 Å². The number of benzene rings is 2. The van der Waals surface area contributed by atoms with E-state index in [4.69, 9.17) is 5.11 Å². The number of hydrogen-bond donors (Lipinski definition) is 2. The first-order chi connectivity index (χ1) is 13.5. The van der Waals surface area contributed by atoms with Gasteiger partial charge in [-0.15, -0.1) is 0 Å². The van der Waals surface area contributed by atoms with Gasteiger partial charge in [-0.3, -0.25) is 4.79 Å². The molecule has 0 aliphatic heterocycles. The van der Waals surface area contributed by atoms with E-state index < -0.39 is 11.9 Å². The van der Waals surface area contributed by atoms with Gasteiger partial charge in [-0.25, -0.2) is 9.18 Å². The molecule has 0 spiro atoms. The molecule has 1 amide bonds. The van der Waals surface area contributed by atoms with E-state index in [0.717, 1.165) is 0 Å². The molecule has 0 aliphatic rings. The van der Waals surface area contributed by atoms with Gasteiger partial charge in [0.1, 0.15) is 17.5 Å². The fourth-order valence-corrected chi connectivity index (χ4v) is 2.57. The SMILES string of the molecule is N#C/C(=C/c1cccn1-c1ccc(F)cc1)C(=O)Nc1cccc(C(=O)O)c1. The van der Waals surface area contributed by atoms with Crippen LogP contribution in [0.15, 0.2) is 72.4 Å². The van der Waals surface area contributed by atoms with Crippen LogP contribution in [0.2, 0.25) is 0 Å². The van der Waals surface area contributed by atoms with Crippen LogP contribution in [0.25, 0.3) is 11.8 Å². The number of nitriles is 1. The molecule has 1 heterocycles. The number of carboxylic acids is 1. The third kappa shape index (κ3) is 4.14. The van der Waals surface area contributed by atoms with Gasteiger partial charge in [0.05, 0.1) is 5.56 Å². The van der Waals surface area contributed by atoms with Crippen molar-refractivity contribution < 1.29 is 19.1 Å². The van der Waals surface area contributed by atoms with Crippen molar-refractivity contribution in [1.29, 1.82) is 5.26 Å². The molecule has 28 heavy (non-hydrogen) atoms. The monoisotopic (exact) mass is 375 g/mol. The summed E-state index contributed by atoms with van der Waals surface area (Å²) in [5, 5.41) is 20.9. The number of carbonyl (C=O) groups is 2. The molecule has 3 rings (SSSR count). The van der Waals surface area contributed by atoms with Crippen LogP contribution in [0.4, 0.5) is 10.1 Å². The molecule has 0 aliphatic carbocycles. The standard InChI is InChI=1S/C21H14FN3O3/c22-16-6-8-18(9-7-16)25-10-2-5-19(25)12-15(13-23)20(26)24-17-4-1-3-14(11-17)21(27)28/h1-12H,(H,24,26)(H,27,28)/b15-12-. The normalized spacial score (nSPS) is 10.9. The Kier molecular flexibility index (Phi) is 5.33. The smallest absolute Gasteiger partial charge is 0.335 e. The highest BCUT2D eigenvalue weighted by atomic mass is 19.1. The van der Waals surface area contributed by atoms with Crippen molar-refractivity contribution >= 4 is 23.6 Å². The average molecular weight is 375 g/mol. The topological polar surface area (TPSA) is 95.1 Å². The Morgan fingerprint density at radius 1 is 1.11 bits per heavy atom. The lowest BCUT2D eigenvalue weighted by molar-refractivity contribution is -0.112. The van der Waals surface area contributed by atoms with Gasteiger partial charge in [-0.2, -0.15) is 5.26 Å². The molecule has 6 nitrogen and oxygen atoms in total. The van der Waals surface area contributed by atoms with Gasteiger partial charge in [0.2, 0.25) is 0 Å². The van der Waals surface area contributed by atoms with Gasteiger partial charge < -0.3 is 15.0 Å². The number of aromatic carboxylic acids is 1. The summed E-state index contributed by atoms with van der Waals surface area (Å²) >= 11 is 0. The molecule has 0 saturated carbocycles. The Bertz CT molecular complexity index is 1110. The van der Waals surface area contributed by atoms with Gasteiger partial charge >= 0.3 is 5.97 Å². The largest absolute Gasteiger partial charge is 0.478 e. The maximum absolute atomic E-state index is 13.1. The van der Waals surface area contributed by atoms with Crippen molar-refractivity contribution in [1.82, 2.24) is 4.57 Å². The Labute approximate surface area is 159 Å². The first kappa shape index (κ1) is 18.6. The summed E-state index contributed by atoms with van der Waals surface area (Å²) in [4.78, 5) is 23.5. The number of aromatic nitrogens is 1. The molecule has 0 bridgehead atoms. The summed E-state index contributed by atoms with van der Waals surface area (Å²) in [6, 6.07) is 16.8. The van der Waals surface area contributed by atoms with E-state index in [1.54, 1.807) is 35.0 Å². The zero-order valence-electron chi connectivity index (χ0n) is 14.5. The quantitative estimate of drug-likeness (QED) is 0.523. The number of amides is 1. The highest BCUT2D eigenvalue weighted by molar-refractivity contribution is 6.09. The molecule has 0 atom stereocenters. The summed E-state index contributed by atoms with van der Waals surface area (Å²) in [5.41, 5.74) is 1.34. The summed E-state index contributed by atoms with van der Waals surface area (Å²) in [5.74, 6) is -2.16. The lowest BCUT2D eigenvalue weighted by atomic mass is 10.1. The Morgan fingerprint density at radius 2 is 1.86 bits per heavy atom. The van der Waals surface area contributed by atoms with Crippen molar-refractivity contribution in [2.45, 2.75) is 0 Å². The number of carboxylic acid groups (broad SMARTS) is 1. The molecule has 0 unspecified atom stereocenters. The lowest BCUT2D eigenvalue weighted by Gasteiger charge is -2.08. The molecular formula is C21H14FN3O3.